The van der Waals surface area contributed by atoms with Gasteiger partial charge in [-0.05, 0) is 62.6 Å². The van der Waals surface area contributed by atoms with Crippen molar-refractivity contribution in [3.63, 3.8) is 0 Å². The molecular weight excluding hydrogens is 567 g/mol. The summed E-state index contributed by atoms with van der Waals surface area (Å²) in [6.07, 6.45) is -3.31. The number of sulfone groups is 3. The number of benzene rings is 2. The van der Waals surface area contributed by atoms with Crippen LogP contribution in [0.5, 0.6) is 0 Å². The SMILES string of the molecule is C.CC(C)([C@H]1CCN(c2ccc(C(F)(F)F)cc2S(C)(=O)=O)C(=O)C1)S(=O)(=O)c1cccc(S(C)(=O)=O)c1. The minimum atomic E-state index is -4.79. The monoisotopic (exact) mass is 597 g/mol. The normalized spacial score (nSPS) is 17.7. The maximum atomic E-state index is 13.5. The summed E-state index contributed by atoms with van der Waals surface area (Å²) < 4.78 is 113. The molecule has 0 unspecified atom stereocenters. The highest BCUT2D eigenvalue weighted by atomic mass is 32.2. The molecule has 1 heterocycles. The number of rotatable bonds is 6. The molecular formula is C24H30F3NO7S3. The molecule has 14 heteroatoms. The number of carbonyl (C=O) groups excluding carboxylic acids is 1. The third kappa shape index (κ3) is 6.07. The van der Waals surface area contributed by atoms with E-state index in [0.29, 0.717) is 12.1 Å². The lowest BCUT2D eigenvalue weighted by atomic mass is 9.85. The zero-order valence-corrected chi connectivity index (χ0v) is 22.9. The fourth-order valence-corrected chi connectivity index (χ4v) is 7.71. The quantitative estimate of drug-likeness (QED) is 0.490. The van der Waals surface area contributed by atoms with Gasteiger partial charge in [0.1, 0.15) is 0 Å². The molecule has 1 amide bonds. The van der Waals surface area contributed by atoms with Gasteiger partial charge in [-0.3, -0.25) is 4.79 Å². The van der Waals surface area contributed by atoms with E-state index >= 15 is 0 Å². The van der Waals surface area contributed by atoms with Crippen molar-refractivity contribution in [3.8, 4) is 0 Å². The molecule has 0 N–H and O–H groups in total. The van der Waals surface area contributed by atoms with Crippen LogP contribution in [-0.4, -0.2) is 55.0 Å². The first-order chi connectivity index (χ1) is 16.7. The number of amides is 1. The second-order valence-electron chi connectivity index (χ2n) is 9.54. The van der Waals surface area contributed by atoms with Crippen LogP contribution in [0.15, 0.2) is 57.2 Å². The fourth-order valence-electron chi connectivity index (χ4n) is 4.29. The Morgan fingerprint density at radius 1 is 0.868 bits per heavy atom. The first-order valence-corrected chi connectivity index (χ1v) is 16.2. The van der Waals surface area contributed by atoms with Crippen LogP contribution >= 0.6 is 0 Å². The summed E-state index contributed by atoms with van der Waals surface area (Å²) in [6.45, 7) is 2.71. The Labute approximate surface area is 221 Å². The molecule has 0 aliphatic carbocycles. The molecule has 1 aliphatic rings. The zero-order chi connectivity index (χ0) is 28.2. The molecule has 0 spiro atoms. The molecule has 0 radical (unpaired) electrons. The van der Waals surface area contributed by atoms with E-state index in [2.05, 4.69) is 0 Å². The van der Waals surface area contributed by atoms with Gasteiger partial charge in [0.15, 0.2) is 29.5 Å². The van der Waals surface area contributed by atoms with E-state index in [9.17, 15) is 43.2 Å². The van der Waals surface area contributed by atoms with E-state index in [1.54, 1.807) is 0 Å². The molecule has 0 saturated carbocycles. The number of hydrogen-bond acceptors (Lipinski definition) is 7. The van der Waals surface area contributed by atoms with Gasteiger partial charge in [-0.1, -0.05) is 13.5 Å². The van der Waals surface area contributed by atoms with Gasteiger partial charge in [0, 0.05) is 25.5 Å². The van der Waals surface area contributed by atoms with E-state index in [1.165, 1.54) is 32.0 Å². The Balaban J connectivity index is 0.00000507. The van der Waals surface area contributed by atoms with Gasteiger partial charge >= 0.3 is 6.18 Å². The molecule has 1 aliphatic heterocycles. The van der Waals surface area contributed by atoms with E-state index in [4.69, 9.17) is 0 Å². The summed E-state index contributed by atoms with van der Waals surface area (Å²) in [6, 6.07) is 7.00. The van der Waals surface area contributed by atoms with Crippen LogP contribution < -0.4 is 4.90 Å². The minimum absolute atomic E-state index is 0. The standard InChI is InChI=1S/C23H26F3NO7S3.CH4/c1-22(2,37(33,34)18-7-5-6-17(14-18)35(3,29)30)15-10-11-27(21(28)13-15)19-9-8-16(23(24,25)26)12-20(19)36(4,31)32;/h5-9,12,14-15H,10-11,13H2,1-4H3;1H4/t15-;/m0./s1. The lowest BCUT2D eigenvalue weighted by Gasteiger charge is -2.40. The van der Waals surface area contributed by atoms with Crippen molar-refractivity contribution in [1.29, 1.82) is 0 Å². The summed E-state index contributed by atoms with van der Waals surface area (Å²) >= 11 is 0. The van der Waals surface area contributed by atoms with Crippen molar-refractivity contribution in [2.24, 2.45) is 5.92 Å². The summed E-state index contributed by atoms with van der Waals surface area (Å²) in [5.74, 6) is -1.38. The average Bonchev–Trinajstić information content (AvgIpc) is 2.77. The highest BCUT2D eigenvalue weighted by Crippen LogP contribution is 2.41. The van der Waals surface area contributed by atoms with Crippen LogP contribution in [0.4, 0.5) is 18.9 Å². The Hall–Kier alpha value is -2.45. The number of nitrogens with zero attached hydrogens (tertiary/aromatic N) is 1. The van der Waals surface area contributed by atoms with Crippen molar-refractivity contribution < 1.29 is 43.2 Å². The van der Waals surface area contributed by atoms with Gasteiger partial charge in [0.2, 0.25) is 5.91 Å². The van der Waals surface area contributed by atoms with Crippen LogP contribution in [0, 0.1) is 5.92 Å². The van der Waals surface area contributed by atoms with E-state index in [0.717, 1.165) is 29.5 Å². The molecule has 3 rings (SSSR count). The summed E-state index contributed by atoms with van der Waals surface area (Å²) in [4.78, 5) is 13.1. The minimum Gasteiger partial charge on any atom is -0.311 e. The molecule has 8 nitrogen and oxygen atoms in total. The Morgan fingerprint density at radius 2 is 1.45 bits per heavy atom. The molecule has 1 saturated heterocycles. The topological polar surface area (TPSA) is 123 Å². The van der Waals surface area contributed by atoms with Gasteiger partial charge in [0.25, 0.3) is 0 Å². The van der Waals surface area contributed by atoms with Crippen molar-refractivity contribution >= 4 is 41.1 Å². The van der Waals surface area contributed by atoms with Crippen LogP contribution in [0.25, 0.3) is 0 Å². The number of halogens is 3. The van der Waals surface area contributed by atoms with Gasteiger partial charge in [-0.25, -0.2) is 25.3 Å². The maximum Gasteiger partial charge on any atom is 0.416 e. The molecule has 2 aromatic carbocycles. The summed E-state index contributed by atoms with van der Waals surface area (Å²) in [5, 5.41) is 0. The number of hydrogen-bond donors (Lipinski definition) is 0. The molecule has 212 valence electrons. The van der Waals surface area contributed by atoms with Crippen LogP contribution in [-0.2, 0) is 40.5 Å². The van der Waals surface area contributed by atoms with E-state index < -0.39 is 62.7 Å². The van der Waals surface area contributed by atoms with Crippen molar-refractivity contribution in [1.82, 2.24) is 0 Å². The summed E-state index contributed by atoms with van der Waals surface area (Å²) in [7, 11) is -12.0. The Kier molecular flexibility index (Phi) is 8.58. The molecule has 38 heavy (non-hydrogen) atoms. The Bertz CT molecular complexity index is 1560. The molecule has 1 atom stereocenters. The predicted octanol–water partition coefficient (Wildman–Crippen LogP) is 4.14. The molecule has 0 aromatic heterocycles. The first kappa shape index (κ1) is 31.8. The maximum absolute atomic E-state index is 13.5. The van der Waals surface area contributed by atoms with Crippen LogP contribution in [0.1, 0.15) is 39.7 Å². The van der Waals surface area contributed by atoms with Crippen molar-refractivity contribution in [3.05, 3.63) is 48.0 Å². The predicted molar refractivity (Wildman–Crippen MR) is 137 cm³/mol. The van der Waals surface area contributed by atoms with Gasteiger partial charge in [-0.2, -0.15) is 13.2 Å². The zero-order valence-electron chi connectivity index (χ0n) is 20.4. The van der Waals surface area contributed by atoms with Crippen LogP contribution in [0.3, 0.4) is 0 Å². The summed E-state index contributed by atoms with van der Waals surface area (Å²) in [5.41, 5.74) is -1.39. The highest BCUT2D eigenvalue weighted by Gasteiger charge is 2.46. The smallest absolute Gasteiger partial charge is 0.311 e. The van der Waals surface area contributed by atoms with E-state index in [1.807, 2.05) is 0 Å². The van der Waals surface area contributed by atoms with Gasteiger partial charge in [-0.15, -0.1) is 0 Å². The van der Waals surface area contributed by atoms with Crippen LogP contribution in [0.2, 0.25) is 0 Å². The molecule has 1 fully saturated rings. The van der Waals surface area contributed by atoms with Gasteiger partial charge < -0.3 is 4.90 Å². The third-order valence-corrected chi connectivity index (χ3v) is 11.4. The Morgan fingerprint density at radius 3 is 1.95 bits per heavy atom. The fraction of sp³-hybridized carbons (Fsp3) is 0.458. The number of piperidine rings is 1. The highest BCUT2D eigenvalue weighted by molar-refractivity contribution is 7.93. The lowest BCUT2D eigenvalue weighted by molar-refractivity contribution is -0.137. The van der Waals surface area contributed by atoms with Crippen molar-refractivity contribution in [2.75, 3.05) is 24.0 Å². The van der Waals surface area contributed by atoms with E-state index in [-0.39, 0.29) is 42.3 Å². The molecule has 0 bridgehead atoms. The third-order valence-electron chi connectivity index (χ3n) is 6.62. The number of alkyl halides is 3. The second-order valence-corrected chi connectivity index (χ2v) is 16.1. The first-order valence-electron chi connectivity index (χ1n) is 10.9. The average molecular weight is 598 g/mol. The van der Waals surface area contributed by atoms with Gasteiger partial charge in [0.05, 0.1) is 30.7 Å². The van der Waals surface area contributed by atoms with Crippen molar-refractivity contribution in [2.45, 2.75) is 59.7 Å². The molecule has 2 aromatic rings. The number of carbonyl (C=O) groups is 1. The lowest BCUT2D eigenvalue weighted by Crippen LogP contribution is -2.49. The second kappa shape index (κ2) is 10.3. The number of anilines is 1. The largest absolute Gasteiger partial charge is 0.416 e.